The molecule has 0 aromatic heterocycles. The van der Waals surface area contributed by atoms with Crippen LogP contribution in [-0.4, -0.2) is 5.91 Å². The molecule has 0 aliphatic rings. The SMILES string of the molecule is CC(C)[C@@H](NC(=O)c1ccc2c(=C(C#N)C#N)c3ccccc3c(=C(C#N)C#N)c2c1)c1ccccc1. The number of nitrogens with one attached hydrogen (secondary N) is 1. The highest BCUT2D eigenvalue weighted by atomic mass is 16.1. The van der Waals surface area contributed by atoms with Gasteiger partial charge in [-0.1, -0.05) is 74.5 Å². The molecule has 0 unspecified atom stereocenters. The maximum absolute atomic E-state index is 13.4. The molecular formula is C31H21N5O. The Hall–Kier alpha value is -5.43. The first-order valence-corrected chi connectivity index (χ1v) is 11.6. The monoisotopic (exact) mass is 479 g/mol. The van der Waals surface area contributed by atoms with Crippen LogP contribution < -0.4 is 15.8 Å². The zero-order chi connectivity index (χ0) is 26.5. The molecule has 37 heavy (non-hydrogen) atoms. The van der Waals surface area contributed by atoms with Crippen molar-refractivity contribution in [3.63, 3.8) is 0 Å². The summed E-state index contributed by atoms with van der Waals surface area (Å²) < 4.78 is 0. The van der Waals surface area contributed by atoms with Gasteiger partial charge in [-0.2, -0.15) is 21.0 Å². The summed E-state index contributed by atoms with van der Waals surface area (Å²) in [5, 5.41) is 44.8. The van der Waals surface area contributed by atoms with Crippen LogP contribution in [0.1, 0.15) is 35.8 Å². The summed E-state index contributed by atoms with van der Waals surface area (Å²) in [6.45, 7) is 4.05. The lowest BCUT2D eigenvalue weighted by Gasteiger charge is -2.23. The van der Waals surface area contributed by atoms with Gasteiger partial charge in [0.15, 0.2) is 0 Å². The third-order valence-electron chi connectivity index (χ3n) is 6.35. The Labute approximate surface area is 214 Å². The summed E-state index contributed by atoms with van der Waals surface area (Å²) in [7, 11) is 0. The van der Waals surface area contributed by atoms with Gasteiger partial charge in [0, 0.05) is 16.0 Å². The van der Waals surface area contributed by atoms with E-state index in [1.165, 1.54) is 0 Å². The number of amides is 1. The number of fused-ring (bicyclic) bond motifs is 2. The highest BCUT2D eigenvalue weighted by molar-refractivity contribution is 6.08. The third kappa shape index (κ3) is 4.49. The van der Waals surface area contributed by atoms with Gasteiger partial charge in [-0.15, -0.1) is 0 Å². The van der Waals surface area contributed by atoms with Gasteiger partial charge in [-0.05, 0) is 45.2 Å². The molecule has 4 rings (SSSR count). The molecule has 0 saturated carbocycles. The molecule has 0 radical (unpaired) electrons. The van der Waals surface area contributed by atoms with E-state index < -0.39 is 0 Å². The van der Waals surface area contributed by atoms with Gasteiger partial charge in [-0.3, -0.25) is 4.79 Å². The first-order chi connectivity index (χ1) is 17.9. The van der Waals surface area contributed by atoms with Crippen LogP contribution in [0.15, 0.2) is 72.8 Å². The second-order valence-electron chi connectivity index (χ2n) is 8.86. The van der Waals surface area contributed by atoms with Crippen LogP contribution in [0.2, 0.25) is 0 Å². The lowest BCUT2D eigenvalue weighted by Crippen LogP contribution is -2.32. The molecule has 0 spiro atoms. The molecule has 4 aromatic carbocycles. The van der Waals surface area contributed by atoms with E-state index in [2.05, 4.69) is 5.32 Å². The molecule has 0 bridgehead atoms. The van der Waals surface area contributed by atoms with Crippen LogP contribution >= 0.6 is 0 Å². The zero-order valence-corrected chi connectivity index (χ0v) is 20.3. The van der Waals surface area contributed by atoms with Crippen LogP contribution in [0.25, 0.3) is 32.7 Å². The van der Waals surface area contributed by atoms with Gasteiger partial charge in [0.1, 0.15) is 35.4 Å². The minimum Gasteiger partial charge on any atom is -0.345 e. The fraction of sp³-hybridized carbons (Fsp3) is 0.129. The molecular weight excluding hydrogens is 458 g/mol. The molecule has 0 heterocycles. The quantitative estimate of drug-likeness (QED) is 0.431. The Bertz CT molecular complexity index is 1810. The Morgan fingerprint density at radius 1 is 0.676 bits per heavy atom. The topological polar surface area (TPSA) is 124 Å². The number of nitriles is 4. The highest BCUT2D eigenvalue weighted by Crippen LogP contribution is 2.23. The lowest BCUT2D eigenvalue weighted by atomic mass is 9.92. The van der Waals surface area contributed by atoms with E-state index in [0.29, 0.717) is 37.5 Å². The van der Waals surface area contributed by atoms with Crippen molar-refractivity contribution in [1.82, 2.24) is 5.32 Å². The second-order valence-corrected chi connectivity index (χ2v) is 8.86. The van der Waals surface area contributed by atoms with Gasteiger partial charge in [-0.25, -0.2) is 0 Å². The number of hydrogen-bond acceptors (Lipinski definition) is 5. The molecule has 0 aliphatic carbocycles. The predicted octanol–water partition coefficient (Wildman–Crippen LogP) is 4.52. The average molecular weight is 480 g/mol. The zero-order valence-electron chi connectivity index (χ0n) is 20.3. The second kappa shape index (κ2) is 10.5. The van der Waals surface area contributed by atoms with Crippen LogP contribution in [0, 0.1) is 51.2 Å². The van der Waals surface area contributed by atoms with E-state index in [1.807, 2.05) is 68.5 Å². The van der Waals surface area contributed by atoms with E-state index in [9.17, 15) is 25.8 Å². The van der Waals surface area contributed by atoms with Gasteiger partial charge >= 0.3 is 0 Å². The minimum atomic E-state index is -0.314. The lowest BCUT2D eigenvalue weighted by molar-refractivity contribution is 0.0925. The fourth-order valence-corrected chi connectivity index (χ4v) is 4.65. The highest BCUT2D eigenvalue weighted by Gasteiger charge is 2.20. The number of benzene rings is 4. The summed E-state index contributed by atoms with van der Waals surface area (Å²) in [6.07, 6.45) is 0. The molecule has 6 heteroatoms. The summed E-state index contributed by atoms with van der Waals surface area (Å²) in [4.78, 5) is 13.4. The molecule has 1 N–H and O–H groups in total. The van der Waals surface area contributed by atoms with Gasteiger partial charge < -0.3 is 5.32 Å². The maximum atomic E-state index is 13.4. The average Bonchev–Trinajstić information content (AvgIpc) is 2.93. The van der Waals surface area contributed by atoms with E-state index in [0.717, 1.165) is 5.56 Å². The molecule has 4 aromatic rings. The molecule has 1 atom stereocenters. The predicted molar refractivity (Wildman–Crippen MR) is 141 cm³/mol. The maximum Gasteiger partial charge on any atom is 0.251 e. The standard InChI is InChI=1S/C31H21N5O/c1-19(2)30(20-8-4-3-5-9-20)36-31(37)21-12-13-26-27(14-21)29(23(17-34)18-35)25-11-7-6-10-24(25)28(26)22(15-32)16-33/h3-14,19,30H,1-2H3,(H,36,37)/t30-/m1/s1. The largest absolute Gasteiger partial charge is 0.345 e. The number of hydrogen-bond donors (Lipinski definition) is 1. The van der Waals surface area contributed by atoms with E-state index in [1.54, 1.807) is 42.5 Å². The Morgan fingerprint density at radius 2 is 1.16 bits per heavy atom. The number of carbonyl (C=O) groups excluding carboxylic acids is 1. The van der Waals surface area contributed by atoms with Gasteiger partial charge in [0.05, 0.1) is 6.04 Å². The van der Waals surface area contributed by atoms with E-state index in [-0.39, 0.29) is 29.0 Å². The van der Waals surface area contributed by atoms with Crippen LogP contribution in [0.3, 0.4) is 0 Å². The third-order valence-corrected chi connectivity index (χ3v) is 6.35. The van der Waals surface area contributed by atoms with Gasteiger partial charge in [0.2, 0.25) is 0 Å². The molecule has 0 fully saturated rings. The molecule has 0 aliphatic heterocycles. The van der Waals surface area contributed by atoms with Crippen molar-refractivity contribution in [2.75, 3.05) is 0 Å². The van der Waals surface area contributed by atoms with Crippen molar-refractivity contribution in [2.24, 2.45) is 5.92 Å². The van der Waals surface area contributed by atoms with Crippen molar-refractivity contribution >= 4 is 38.6 Å². The molecule has 176 valence electrons. The number of rotatable bonds is 4. The summed E-state index contributed by atoms with van der Waals surface area (Å²) in [5.41, 5.74) is 1.10. The first-order valence-electron chi connectivity index (χ1n) is 11.6. The molecule has 6 nitrogen and oxygen atoms in total. The van der Waals surface area contributed by atoms with Crippen molar-refractivity contribution in [2.45, 2.75) is 19.9 Å². The summed E-state index contributed by atoms with van der Waals surface area (Å²) in [5.74, 6) is -0.191. The molecule has 1 amide bonds. The Balaban J connectivity index is 2.06. The Kier molecular flexibility index (Phi) is 6.97. The number of nitrogens with zero attached hydrogens (tertiary/aromatic N) is 4. The van der Waals surface area contributed by atoms with E-state index >= 15 is 0 Å². The van der Waals surface area contributed by atoms with Crippen molar-refractivity contribution in [1.29, 1.82) is 21.0 Å². The smallest absolute Gasteiger partial charge is 0.251 e. The Morgan fingerprint density at radius 3 is 1.68 bits per heavy atom. The van der Waals surface area contributed by atoms with E-state index in [4.69, 9.17) is 0 Å². The fourth-order valence-electron chi connectivity index (χ4n) is 4.65. The summed E-state index contributed by atoms with van der Waals surface area (Å²) >= 11 is 0. The normalized spacial score (nSPS) is 11.1. The minimum absolute atomic E-state index is 0.0932. The van der Waals surface area contributed by atoms with Crippen molar-refractivity contribution < 1.29 is 4.79 Å². The van der Waals surface area contributed by atoms with Crippen LogP contribution in [0.5, 0.6) is 0 Å². The van der Waals surface area contributed by atoms with Crippen LogP contribution in [-0.2, 0) is 0 Å². The van der Waals surface area contributed by atoms with Crippen LogP contribution in [0.4, 0.5) is 0 Å². The van der Waals surface area contributed by atoms with Crippen molar-refractivity contribution in [3.05, 3.63) is 94.4 Å². The summed E-state index contributed by atoms with van der Waals surface area (Å²) in [6, 6.07) is 29.3. The first kappa shape index (κ1) is 24.7. The molecule has 0 saturated heterocycles. The number of carbonyl (C=O) groups is 1. The van der Waals surface area contributed by atoms with Crippen molar-refractivity contribution in [3.8, 4) is 24.3 Å². The van der Waals surface area contributed by atoms with Gasteiger partial charge in [0.25, 0.3) is 5.91 Å².